The van der Waals surface area contributed by atoms with Crippen molar-refractivity contribution in [2.24, 2.45) is 0 Å². The summed E-state index contributed by atoms with van der Waals surface area (Å²) in [5, 5.41) is 6.82. The van der Waals surface area contributed by atoms with Crippen molar-refractivity contribution >= 4 is 28.7 Å². The lowest BCUT2D eigenvalue weighted by Crippen LogP contribution is -2.49. The van der Waals surface area contributed by atoms with Gasteiger partial charge in [0.05, 0.1) is 30.1 Å². The number of aromatic nitrogens is 2. The molecule has 1 spiro atoms. The molecule has 2 aromatic rings. The van der Waals surface area contributed by atoms with Gasteiger partial charge in [-0.25, -0.2) is 9.78 Å². The molecule has 154 valence electrons. The highest BCUT2D eigenvalue weighted by atomic mass is 16.5. The number of aryl methyl sites for hydroxylation is 1. The smallest absolute Gasteiger partial charge is 0.328 e. The van der Waals surface area contributed by atoms with Gasteiger partial charge in [-0.05, 0) is 57.3 Å². The number of urea groups is 1. The van der Waals surface area contributed by atoms with Crippen molar-refractivity contribution in [1.82, 2.24) is 20.2 Å². The maximum atomic E-state index is 12.2. The number of rotatable bonds is 2. The van der Waals surface area contributed by atoms with E-state index in [1.807, 2.05) is 6.07 Å². The average molecular weight is 397 g/mol. The van der Waals surface area contributed by atoms with Crippen LogP contribution in [-0.2, 0) is 9.53 Å². The molecular weight excluding hydrogens is 370 g/mol. The van der Waals surface area contributed by atoms with Gasteiger partial charge in [-0.15, -0.1) is 0 Å². The third-order valence-corrected chi connectivity index (χ3v) is 6.64. The van der Waals surface area contributed by atoms with E-state index < -0.39 is 0 Å². The van der Waals surface area contributed by atoms with Crippen LogP contribution in [0.5, 0.6) is 0 Å². The molecule has 2 N–H and O–H groups in total. The van der Waals surface area contributed by atoms with E-state index in [1.54, 1.807) is 11.1 Å². The van der Waals surface area contributed by atoms with Crippen molar-refractivity contribution in [3.8, 4) is 0 Å². The van der Waals surface area contributed by atoms with Crippen LogP contribution in [0, 0.1) is 6.92 Å². The van der Waals surface area contributed by atoms with Gasteiger partial charge in [-0.2, -0.15) is 0 Å². The van der Waals surface area contributed by atoms with Gasteiger partial charge in [0.25, 0.3) is 0 Å². The van der Waals surface area contributed by atoms with Gasteiger partial charge in [0, 0.05) is 24.5 Å². The second-order valence-electron chi connectivity index (χ2n) is 8.48. The van der Waals surface area contributed by atoms with Crippen LogP contribution in [0.25, 0.3) is 11.0 Å². The van der Waals surface area contributed by atoms with Crippen LogP contribution < -0.4 is 15.5 Å². The summed E-state index contributed by atoms with van der Waals surface area (Å²) in [7, 11) is 0. The molecule has 3 aliphatic rings. The molecule has 29 heavy (non-hydrogen) atoms. The first-order valence-corrected chi connectivity index (χ1v) is 10.5. The molecule has 1 atom stereocenters. The van der Waals surface area contributed by atoms with Crippen molar-refractivity contribution in [3.05, 3.63) is 24.0 Å². The number of carbonyl (C=O) groups excluding carboxylic acids is 2. The van der Waals surface area contributed by atoms with E-state index in [4.69, 9.17) is 9.72 Å². The highest BCUT2D eigenvalue weighted by Gasteiger charge is 2.38. The first-order chi connectivity index (χ1) is 14.0. The van der Waals surface area contributed by atoms with Crippen LogP contribution in [0.4, 0.5) is 10.5 Å². The Bertz CT molecular complexity index is 953. The Hall–Kier alpha value is -2.45. The SMILES string of the molecule is Cc1cn([C@H]2CCC3(CCNCC3)OC2)c2ncc(N3CCC(=O)NC3=O)cc12. The van der Waals surface area contributed by atoms with E-state index in [2.05, 4.69) is 28.3 Å². The van der Waals surface area contributed by atoms with Gasteiger partial charge in [-0.3, -0.25) is 15.0 Å². The molecule has 0 bridgehead atoms. The number of nitrogens with one attached hydrogen (secondary N) is 2. The van der Waals surface area contributed by atoms with Crippen molar-refractivity contribution in [2.45, 2.75) is 50.7 Å². The molecule has 5 heterocycles. The number of hydrogen-bond donors (Lipinski definition) is 2. The summed E-state index contributed by atoms with van der Waals surface area (Å²) in [6.45, 7) is 5.24. The Morgan fingerprint density at radius 3 is 2.79 bits per heavy atom. The Labute approximate surface area is 169 Å². The topological polar surface area (TPSA) is 88.5 Å². The second-order valence-corrected chi connectivity index (χ2v) is 8.48. The lowest BCUT2D eigenvalue weighted by Gasteiger charge is -2.43. The van der Waals surface area contributed by atoms with E-state index in [-0.39, 0.29) is 23.6 Å². The lowest BCUT2D eigenvalue weighted by molar-refractivity contribution is -0.120. The zero-order valence-corrected chi connectivity index (χ0v) is 16.7. The molecule has 3 fully saturated rings. The van der Waals surface area contributed by atoms with E-state index in [9.17, 15) is 9.59 Å². The molecule has 8 nitrogen and oxygen atoms in total. The van der Waals surface area contributed by atoms with Crippen molar-refractivity contribution in [2.75, 3.05) is 31.1 Å². The van der Waals surface area contributed by atoms with Crippen molar-refractivity contribution in [3.63, 3.8) is 0 Å². The molecule has 5 rings (SSSR count). The third kappa shape index (κ3) is 3.30. The molecule has 0 aliphatic carbocycles. The fourth-order valence-electron chi connectivity index (χ4n) is 4.87. The lowest BCUT2D eigenvalue weighted by atomic mass is 9.84. The number of carbonyl (C=O) groups is 2. The summed E-state index contributed by atoms with van der Waals surface area (Å²) in [4.78, 5) is 29.9. The van der Waals surface area contributed by atoms with Crippen LogP contribution in [0.2, 0.25) is 0 Å². The number of fused-ring (bicyclic) bond motifs is 1. The minimum atomic E-state index is -0.382. The maximum Gasteiger partial charge on any atom is 0.328 e. The third-order valence-electron chi connectivity index (χ3n) is 6.64. The molecular formula is C21H27N5O3. The Balaban J connectivity index is 1.39. The van der Waals surface area contributed by atoms with Gasteiger partial charge in [0.2, 0.25) is 5.91 Å². The number of imide groups is 1. The number of piperidine rings is 1. The molecule has 0 radical (unpaired) electrons. The van der Waals surface area contributed by atoms with Crippen LogP contribution in [0.1, 0.15) is 43.7 Å². The van der Waals surface area contributed by atoms with Crippen LogP contribution in [0.15, 0.2) is 18.5 Å². The average Bonchev–Trinajstić information content (AvgIpc) is 3.05. The van der Waals surface area contributed by atoms with Crippen LogP contribution in [0.3, 0.4) is 0 Å². The quantitative estimate of drug-likeness (QED) is 0.812. The standard InChI is InChI=1S/C21H27N5O3/c1-14-12-26(15-2-4-21(29-13-15)5-7-22-8-6-21)19-17(14)10-16(11-23-19)25-9-3-18(27)24-20(25)28/h10-12,15,22H,2-9,13H2,1H3,(H,24,27,28)/t15-/m0/s1. The van der Waals surface area contributed by atoms with Crippen LogP contribution in [-0.4, -0.2) is 53.3 Å². The molecule has 2 aromatic heterocycles. The highest BCUT2D eigenvalue weighted by molar-refractivity contribution is 6.06. The molecule has 0 saturated carbocycles. The number of nitrogens with zero attached hydrogens (tertiary/aromatic N) is 3. The van der Waals surface area contributed by atoms with Gasteiger partial charge in [0.15, 0.2) is 0 Å². The largest absolute Gasteiger partial charge is 0.373 e. The van der Waals surface area contributed by atoms with Crippen molar-refractivity contribution in [1.29, 1.82) is 0 Å². The zero-order valence-electron chi connectivity index (χ0n) is 16.7. The van der Waals surface area contributed by atoms with Crippen LogP contribution >= 0.6 is 0 Å². The Morgan fingerprint density at radius 1 is 1.24 bits per heavy atom. The number of ether oxygens (including phenoxy) is 1. The summed E-state index contributed by atoms with van der Waals surface area (Å²) in [5.74, 6) is -0.230. The monoisotopic (exact) mass is 397 g/mol. The maximum absolute atomic E-state index is 12.2. The van der Waals surface area contributed by atoms with Crippen molar-refractivity contribution < 1.29 is 14.3 Å². The first-order valence-electron chi connectivity index (χ1n) is 10.5. The number of pyridine rings is 1. The summed E-state index contributed by atoms with van der Waals surface area (Å²) in [6, 6.07) is 1.90. The van der Waals surface area contributed by atoms with E-state index in [0.717, 1.165) is 61.1 Å². The molecule has 0 unspecified atom stereocenters. The van der Waals surface area contributed by atoms with Gasteiger partial charge in [-0.1, -0.05) is 0 Å². The summed E-state index contributed by atoms with van der Waals surface area (Å²) in [5.41, 5.74) is 2.83. The predicted octanol–water partition coefficient (Wildman–Crippen LogP) is 2.26. The summed E-state index contributed by atoms with van der Waals surface area (Å²) in [6.07, 6.45) is 8.53. The minimum Gasteiger partial charge on any atom is -0.373 e. The van der Waals surface area contributed by atoms with Gasteiger partial charge < -0.3 is 14.6 Å². The number of amides is 3. The predicted molar refractivity (Wildman–Crippen MR) is 109 cm³/mol. The molecule has 3 amide bonds. The molecule has 8 heteroatoms. The normalized spacial score (nSPS) is 24.9. The molecule has 3 aliphatic heterocycles. The number of hydrogen-bond acceptors (Lipinski definition) is 5. The van der Waals surface area contributed by atoms with Gasteiger partial charge >= 0.3 is 6.03 Å². The minimum absolute atomic E-state index is 0.0550. The summed E-state index contributed by atoms with van der Waals surface area (Å²) < 4.78 is 8.63. The zero-order chi connectivity index (χ0) is 20.0. The number of anilines is 1. The molecule has 3 saturated heterocycles. The summed E-state index contributed by atoms with van der Waals surface area (Å²) >= 11 is 0. The fourth-order valence-corrected chi connectivity index (χ4v) is 4.87. The van der Waals surface area contributed by atoms with Gasteiger partial charge in [0.1, 0.15) is 5.65 Å². The fraction of sp³-hybridized carbons (Fsp3) is 0.571. The molecule has 0 aromatic carbocycles. The van der Waals surface area contributed by atoms with E-state index in [1.165, 1.54) is 0 Å². The van der Waals surface area contributed by atoms with E-state index >= 15 is 0 Å². The Kier molecular flexibility index (Phi) is 4.55. The second kappa shape index (κ2) is 7.11. The van der Waals surface area contributed by atoms with E-state index in [0.29, 0.717) is 19.6 Å². The Morgan fingerprint density at radius 2 is 2.07 bits per heavy atom. The highest BCUT2D eigenvalue weighted by Crippen LogP contribution is 2.38. The first kappa shape index (κ1) is 18.6.